The smallest absolute Gasteiger partial charge is 0.225 e. The van der Waals surface area contributed by atoms with Crippen molar-refractivity contribution in [3.63, 3.8) is 0 Å². The van der Waals surface area contributed by atoms with Gasteiger partial charge in [-0.25, -0.2) is 0 Å². The average molecular weight is 341 g/mol. The minimum atomic E-state index is 0.201. The molecule has 1 aromatic heterocycles. The van der Waals surface area contributed by atoms with Crippen LogP contribution in [0.3, 0.4) is 0 Å². The van der Waals surface area contributed by atoms with Crippen LogP contribution in [-0.2, 0) is 16.1 Å². The molecule has 0 bridgehead atoms. The molecule has 2 aliphatic heterocycles. The van der Waals surface area contributed by atoms with Gasteiger partial charge >= 0.3 is 0 Å². The van der Waals surface area contributed by atoms with Crippen molar-refractivity contribution in [3.8, 4) is 0 Å². The summed E-state index contributed by atoms with van der Waals surface area (Å²) in [6.45, 7) is 5.39. The van der Waals surface area contributed by atoms with Crippen molar-refractivity contribution in [1.29, 1.82) is 0 Å². The van der Waals surface area contributed by atoms with E-state index in [1.54, 1.807) is 12.4 Å². The van der Waals surface area contributed by atoms with E-state index in [2.05, 4.69) is 16.8 Å². The number of pyridine rings is 1. The van der Waals surface area contributed by atoms with Gasteiger partial charge in [0.15, 0.2) is 0 Å². The van der Waals surface area contributed by atoms with Crippen LogP contribution in [0.25, 0.3) is 0 Å². The van der Waals surface area contributed by atoms with E-state index in [1.807, 2.05) is 17.0 Å². The van der Waals surface area contributed by atoms with Crippen LogP contribution in [0, 0.1) is 17.3 Å². The number of likely N-dealkylation sites (tertiary alicyclic amines) is 2. The zero-order chi connectivity index (χ0) is 17.4. The molecular formula is C20H27N3O2. The number of carbonyl (C=O) groups excluding carboxylic acids is 2. The lowest BCUT2D eigenvalue weighted by molar-refractivity contribution is -0.143. The lowest BCUT2D eigenvalue weighted by Crippen LogP contribution is -2.52. The van der Waals surface area contributed by atoms with E-state index in [0.717, 1.165) is 50.9 Å². The Balaban J connectivity index is 1.38. The van der Waals surface area contributed by atoms with Crippen molar-refractivity contribution in [2.45, 2.75) is 45.6 Å². The maximum absolute atomic E-state index is 12.5. The molecule has 1 spiro atoms. The van der Waals surface area contributed by atoms with Gasteiger partial charge < -0.3 is 9.80 Å². The average Bonchev–Trinajstić information content (AvgIpc) is 3.36. The molecule has 0 aromatic carbocycles. The molecule has 3 heterocycles. The van der Waals surface area contributed by atoms with E-state index in [9.17, 15) is 9.59 Å². The predicted octanol–water partition coefficient (Wildman–Crippen LogP) is 2.47. The number of nitrogens with zero attached hydrogens (tertiary/aromatic N) is 3. The van der Waals surface area contributed by atoms with Gasteiger partial charge in [0.25, 0.3) is 0 Å². The molecule has 0 radical (unpaired) electrons. The monoisotopic (exact) mass is 341 g/mol. The fourth-order valence-corrected chi connectivity index (χ4v) is 4.47. The number of aromatic nitrogens is 1. The third-order valence-corrected chi connectivity index (χ3v) is 6.43. The molecule has 1 aliphatic carbocycles. The number of piperidine rings is 2. The highest BCUT2D eigenvalue weighted by Crippen LogP contribution is 2.43. The fraction of sp³-hybridized carbons (Fsp3) is 0.650. The first-order valence-electron chi connectivity index (χ1n) is 9.52. The molecule has 5 nitrogen and oxygen atoms in total. The van der Waals surface area contributed by atoms with Gasteiger partial charge in [-0.1, -0.05) is 6.92 Å². The maximum atomic E-state index is 12.5. The number of amides is 2. The fourth-order valence-electron chi connectivity index (χ4n) is 4.47. The molecule has 1 saturated carbocycles. The molecule has 1 aromatic rings. The summed E-state index contributed by atoms with van der Waals surface area (Å²) >= 11 is 0. The van der Waals surface area contributed by atoms with E-state index < -0.39 is 0 Å². The zero-order valence-electron chi connectivity index (χ0n) is 15.0. The number of hydrogen-bond acceptors (Lipinski definition) is 3. The van der Waals surface area contributed by atoms with E-state index in [0.29, 0.717) is 24.8 Å². The van der Waals surface area contributed by atoms with Crippen LogP contribution >= 0.6 is 0 Å². The van der Waals surface area contributed by atoms with Gasteiger partial charge in [-0.2, -0.15) is 0 Å². The molecule has 0 unspecified atom stereocenters. The zero-order valence-corrected chi connectivity index (χ0v) is 15.0. The Kier molecular flexibility index (Phi) is 4.26. The molecule has 0 N–H and O–H groups in total. The van der Waals surface area contributed by atoms with Gasteiger partial charge in [0.1, 0.15) is 0 Å². The highest BCUT2D eigenvalue weighted by molar-refractivity contribution is 5.81. The molecule has 2 amide bonds. The second-order valence-electron chi connectivity index (χ2n) is 8.25. The Bertz CT molecular complexity index is 652. The second kappa shape index (κ2) is 6.43. The number of hydrogen-bond donors (Lipinski definition) is 0. The molecule has 2 saturated heterocycles. The van der Waals surface area contributed by atoms with Crippen LogP contribution in [0.1, 0.15) is 44.6 Å². The summed E-state index contributed by atoms with van der Waals surface area (Å²) in [5.41, 5.74) is 1.34. The van der Waals surface area contributed by atoms with Crippen molar-refractivity contribution in [3.05, 3.63) is 30.1 Å². The summed E-state index contributed by atoms with van der Waals surface area (Å²) in [6, 6.07) is 3.96. The third-order valence-electron chi connectivity index (χ3n) is 6.43. The van der Waals surface area contributed by atoms with Crippen LogP contribution in [0.2, 0.25) is 0 Å². The van der Waals surface area contributed by atoms with E-state index in [1.165, 1.54) is 0 Å². The highest BCUT2D eigenvalue weighted by Gasteiger charge is 2.45. The van der Waals surface area contributed by atoms with E-state index >= 15 is 0 Å². The van der Waals surface area contributed by atoms with Crippen molar-refractivity contribution in [2.75, 3.05) is 19.6 Å². The standard InChI is InChI=1S/C20H27N3O2/c1-15-12-17(15)19(25)22-10-6-20(7-11-22)5-2-18(24)23(14-20)13-16-3-8-21-9-4-16/h3-4,8-9,15,17H,2,5-7,10-14H2,1H3/t15-,17+/m0/s1. The summed E-state index contributed by atoms with van der Waals surface area (Å²) in [5, 5.41) is 0. The first-order valence-corrected chi connectivity index (χ1v) is 9.52. The lowest BCUT2D eigenvalue weighted by Gasteiger charge is -2.47. The molecule has 3 fully saturated rings. The van der Waals surface area contributed by atoms with E-state index in [4.69, 9.17) is 0 Å². The van der Waals surface area contributed by atoms with Crippen molar-refractivity contribution < 1.29 is 9.59 Å². The Labute approximate surface area is 149 Å². The van der Waals surface area contributed by atoms with Gasteiger partial charge in [-0.05, 0) is 54.7 Å². The summed E-state index contributed by atoms with van der Waals surface area (Å²) < 4.78 is 0. The Morgan fingerprint density at radius 1 is 1.24 bits per heavy atom. The summed E-state index contributed by atoms with van der Waals surface area (Å²) in [5.74, 6) is 1.48. The van der Waals surface area contributed by atoms with Gasteiger partial charge in [-0.15, -0.1) is 0 Å². The first-order chi connectivity index (χ1) is 12.1. The summed E-state index contributed by atoms with van der Waals surface area (Å²) in [6.07, 6.45) is 8.29. The molecule has 3 aliphatic rings. The van der Waals surface area contributed by atoms with Gasteiger partial charge in [0.2, 0.25) is 11.8 Å². The second-order valence-corrected chi connectivity index (χ2v) is 8.25. The highest BCUT2D eigenvalue weighted by atomic mass is 16.2. The minimum absolute atomic E-state index is 0.201. The molecule has 5 heteroatoms. The lowest BCUT2D eigenvalue weighted by atomic mass is 9.72. The van der Waals surface area contributed by atoms with Crippen molar-refractivity contribution in [2.24, 2.45) is 17.3 Å². The minimum Gasteiger partial charge on any atom is -0.342 e. The normalized spacial score (nSPS) is 28.3. The predicted molar refractivity (Wildman–Crippen MR) is 94.4 cm³/mol. The SMILES string of the molecule is C[C@H]1C[C@H]1C(=O)N1CCC2(CCC(=O)N(Cc3ccncc3)C2)CC1. The molecule has 25 heavy (non-hydrogen) atoms. The van der Waals surface area contributed by atoms with E-state index in [-0.39, 0.29) is 17.2 Å². The molecular weight excluding hydrogens is 314 g/mol. The summed E-state index contributed by atoms with van der Waals surface area (Å²) in [4.78, 5) is 33.0. The van der Waals surface area contributed by atoms with Crippen LogP contribution in [0.15, 0.2) is 24.5 Å². The maximum Gasteiger partial charge on any atom is 0.225 e. The van der Waals surface area contributed by atoms with Crippen LogP contribution < -0.4 is 0 Å². The number of rotatable bonds is 3. The van der Waals surface area contributed by atoms with Gasteiger partial charge in [0, 0.05) is 50.9 Å². The Hall–Kier alpha value is -1.91. The topological polar surface area (TPSA) is 53.5 Å². The van der Waals surface area contributed by atoms with Crippen LogP contribution in [-0.4, -0.2) is 46.2 Å². The Morgan fingerprint density at radius 3 is 2.56 bits per heavy atom. The number of carbonyl (C=O) groups is 2. The molecule has 134 valence electrons. The third kappa shape index (κ3) is 3.42. The van der Waals surface area contributed by atoms with Crippen LogP contribution in [0.4, 0.5) is 0 Å². The molecule has 4 rings (SSSR count). The van der Waals surface area contributed by atoms with Gasteiger partial charge in [-0.3, -0.25) is 14.6 Å². The largest absolute Gasteiger partial charge is 0.342 e. The summed E-state index contributed by atoms with van der Waals surface area (Å²) in [7, 11) is 0. The first kappa shape index (κ1) is 16.6. The molecule has 2 atom stereocenters. The van der Waals surface area contributed by atoms with Crippen molar-refractivity contribution in [1.82, 2.24) is 14.8 Å². The van der Waals surface area contributed by atoms with Crippen LogP contribution in [0.5, 0.6) is 0 Å². The Morgan fingerprint density at radius 2 is 1.92 bits per heavy atom. The van der Waals surface area contributed by atoms with Gasteiger partial charge in [0.05, 0.1) is 0 Å². The quantitative estimate of drug-likeness (QED) is 0.849. The van der Waals surface area contributed by atoms with Crippen molar-refractivity contribution >= 4 is 11.8 Å².